The summed E-state index contributed by atoms with van der Waals surface area (Å²) in [6.07, 6.45) is 3.02. The zero-order valence-corrected chi connectivity index (χ0v) is 10.5. The molecule has 1 aromatic heterocycles. The number of benzene rings is 1. The third-order valence-electron chi connectivity index (χ3n) is 3.42. The fourth-order valence-electron chi connectivity index (χ4n) is 2.49. The van der Waals surface area contributed by atoms with Crippen LogP contribution < -0.4 is 5.73 Å². The summed E-state index contributed by atoms with van der Waals surface area (Å²) in [7, 11) is 1.89. The van der Waals surface area contributed by atoms with Gasteiger partial charge in [-0.15, -0.1) is 5.10 Å². The van der Waals surface area contributed by atoms with E-state index in [-0.39, 0.29) is 0 Å². The highest BCUT2D eigenvalue weighted by molar-refractivity contribution is 5.51. The minimum Gasteiger partial charge on any atom is -0.398 e. The van der Waals surface area contributed by atoms with Gasteiger partial charge in [-0.05, 0) is 23.6 Å². The van der Waals surface area contributed by atoms with Gasteiger partial charge in [0.1, 0.15) is 0 Å². The number of hydrogen-bond donors (Lipinski definition) is 1. The van der Waals surface area contributed by atoms with Crippen LogP contribution in [0.15, 0.2) is 24.4 Å². The maximum absolute atomic E-state index is 6.04. The highest BCUT2D eigenvalue weighted by Crippen LogP contribution is 2.24. The Morgan fingerprint density at radius 3 is 3.06 bits per heavy atom. The Morgan fingerprint density at radius 2 is 2.28 bits per heavy atom. The maximum Gasteiger partial charge on any atom is 0.0967 e. The van der Waals surface area contributed by atoms with Crippen molar-refractivity contribution in [2.75, 3.05) is 12.3 Å². The second kappa shape index (κ2) is 4.42. The molecule has 0 spiro atoms. The number of fused-ring (bicyclic) bond motifs is 1. The van der Waals surface area contributed by atoms with Crippen LogP contribution in [0.1, 0.15) is 16.8 Å². The van der Waals surface area contributed by atoms with E-state index >= 15 is 0 Å². The molecule has 0 saturated carbocycles. The standard InChI is InChI=1S/C13H17N5/c1-17-7-11(15-16-17)8-18-6-5-10-3-2-4-13(14)12(10)9-18/h2-4,7H,5-6,8-9,14H2,1H3. The van der Waals surface area contributed by atoms with E-state index in [9.17, 15) is 0 Å². The summed E-state index contributed by atoms with van der Waals surface area (Å²) in [5.41, 5.74) is 10.6. The van der Waals surface area contributed by atoms with Gasteiger partial charge in [-0.1, -0.05) is 17.3 Å². The minimum atomic E-state index is 0.835. The molecule has 0 saturated heterocycles. The van der Waals surface area contributed by atoms with Crippen molar-refractivity contribution in [3.63, 3.8) is 0 Å². The highest BCUT2D eigenvalue weighted by atomic mass is 15.4. The molecule has 18 heavy (non-hydrogen) atoms. The lowest BCUT2D eigenvalue weighted by molar-refractivity contribution is 0.243. The molecule has 94 valence electrons. The van der Waals surface area contributed by atoms with Crippen molar-refractivity contribution in [3.8, 4) is 0 Å². The monoisotopic (exact) mass is 243 g/mol. The normalized spacial score (nSPS) is 15.6. The number of hydrogen-bond acceptors (Lipinski definition) is 4. The van der Waals surface area contributed by atoms with E-state index in [4.69, 9.17) is 5.73 Å². The lowest BCUT2D eigenvalue weighted by Crippen LogP contribution is -2.30. The van der Waals surface area contributed by atoms with Gasteiger partial charge in [-0.3, -0.25) is 9.58 Å². The molecule has 5 heteroatoms. The van der Waals surface area contributed by atoms with Crippen LogP contribution in [0.4, 0.5) is 5.69 Å². The quantitative estimate of drug-likeness (QED) is 0.798. The Labute approximate surface area is 106 Å². The summed E-state index contributed by atoms with van der Waals surface area (Å²) >= 11 is 0. The molecular formula is C13H17N5. The number of nitrogens with zero attached hydrogens (tertiary/aromatic N) is 4. The molecule has 1 aromatic carbocycles. The zero-order valence-electron chi connectivity index (χ0n) is 10.5. The molecule has 2 heterocycles. The van der Waals surface area contributed by atoms with E-state index < -0.39 is 0 Å². The number of aryl methyl sites for hydroxylation is 1. The Balaban J connectivity index is 1.76. The molecule has 2 N–H and O–H groups in total. The first kappa shape index (κ1) is 11.2. The Hall–Kier alpha value is -1.88. The molecule has 0 amide bonds. The van der Waals surface area contributed by atoms with E-state index in [1.165, 1.54) is 11.1 Å². The summed E-state index contributed by atoms with van der Waals surface area (Å²) in [5.74, 6) is 0. The second-order valence-electron chi connectivity index (χ2n) is 4.83. The van der Waals surface area contributed by atoms with Crippen molar-refractivity contribution < 1.29 is 0 Å². The van der Waals surface area contributed by atoms with E-state index in [2.05, 4.69) is 21.3 Å². The molecule has 3 rings (SSSR count). The van der Waals surface area contributed by atoms with E-state index in [1.54, 1.807) is 4.68 Å². The van der Waals surface area contributed by atoms with Crippen LogP contribution in [-0.2, 0) is 26.6 Å². The summed E-state index contributed by atoms with van der Waals surface area (Å²) in [6, 6.07) is 6.18. The van der Waals surface area contributed by atoms with Gasteiger partial charge in [0.05, 0.1) is 5.69 Å². The smallest absolute Gasteiger partial charge is 0.0967 e. The number of anilines is 1. The van der Waals surface area contributed by atoms with Crippen LogP contribution in [0.5, 0.6) is 0 Å². The van der Waals surface area contributed by atoms with Crippen LogP contribution >= 0.6 is 0 Å². The number of aromatic nitrogens is 3. The van der Waals surface area contributed by atoms with Crippen LogP contribution in [0, 0.1) is 0 Å². The van der Waals surface area contributed by atoms with Crippen molar-refractivity contribution in [2.45, 2.75) is 19.5 Å². The SMILES string of the molecule is Cn1cc(CN2CCc3cccc(N)c3C2)nn1. The molecular weight excluding hydrogens is 226 g/mol. The molecule has 1 aliphatic rings. The fraction of sp³-hybridized carbons (Fsp3) is 0.385. The van der Waals surface area contributed by atoms with Gasteiger partial charge in [0.2, 0.25) is 0 Å². The lowest BCUT2D eigenvalue weighted by Gasteiger charge is -2.28. The molecule has 0 aliphatic carbocycles. The van der Waals surface area contributed by atoms with Crippen molar-refractivity contribution in [2.24, 2.45) is 7.05 Å². The van der Waals surface area contributed by atoms with Gasteiger partial charge in [0.25, 0.3) is 0 Å². The fourth-order valence-corrected chi connectivity index (χ4v) is 2.49. The third-order valence-corrected chi connectivity index (χ3v) is 3.42. The minimum absolute atomic E-state index is 0.835. The van der Waals surface area contributed by atoms with Crippen LogP contribution in [-0.4, -0.2) is 26.4 Å². The molecule has 0 atom stereocenters. The summed E-state index contributed by atoms with van der Waals surface area (Å²) < 4.78 is 1.74. The number of rotatable bonds is 2. The third kappa shape index (κ3) is 2.09. The predicted octanol–water partition coefficient (Wildman–Crippen LogP) is 0.956. The Morgan fingerprint density at radius 1 is 1.39 bits per heavy atom. The Kier molecular flexibility index (Phi) is 2.76. The molecule has 0 radical (unpaired) electrons. The lowest BCUT2D eigenvalue weighted by atomic mass is 9.98. The first-order valence-electron chi connectivity index (χ1n) is 6.16. The Bertz CT molecular complexity index is 560. The van der Waals surface area contributed by atoms with Crippen LogP contribution in [0.2, 0.25) is 0 Å². The van der Waals surface area contributed by atoms with Gasteiger partial charge < -0.3 is 5.73 Å². The van der Waals surface area contributed by atoms with Gasteiger partial charge in [0, 0.05) is 38.6 Å². The number of nitrogens with two attached hydrogens (primary N) is 1. The molecule has 2 aromatic rings. The average Bonchev–Trinajstić information content (AvgIpc) is 2.76. The van der Waals surface area contributed by atoms with Crippen LogP contribution in [0.25, 0.3) is 0 Å². The van der Waals surface area contributed by atoms with Crippen molar-refractivity contribution in [1.82, 2.24) is 19.9 Å². The van der Waals surface area contributed by atoms with Crippen molar-refractivity contribution in [3.05, 3.63) is 41.2 Å². The van der Waals surface area contributed by atoms with Gasteiger partial charge in [-0.2, -0.15) is 0 Å². The van der Waals surface area contributed by atoms with Gasteiger partial charge in [-0.25, -0.2) is 0 Å². The largest absolute Gasteiger partial charge is 0.398 e. The summed E-state index contributed by atoms with van der Waals surface area (Å²) in [4.78, 5) is 2.36. The molecule has 0 bridgehead atoms. The topological polar surface area (TPSA) is 60.0 Å². The van der Waals surface area contributed by atoms with Crippen molar-refractivity contribution >= 4 is 5.69 Å². The van der Waals surface area contributed by atoms with E-state index in [0.717, 1.165) is 37.4 Å². The maximum atomic E-state index is 6.04. The van der Waals surface area contributed by atoms with Crippen LogP contribution in [0.3, 0.4) is 0 Å². The molecule has 1 aliphatic heterocycles. The predicted molar refractivity (Wildman–Crippen MR) is 69.7 cm³/mol. The zero-order chi connectivity index (χ0) is 12.5. The molecule has 0 fully saturated rings. The number of nitrogen functional groups attached to an aromatic ring is 1. The second-order valence-corrected chi connectivity index (χ2v) is 4.83. The van der Waals surface area contributed by atoms with E-state index in [1.807, 2.05) is 25.4 Å². The summed E-state index contributed by atoms with van der Waals surface area (Å²) in [5, 5.41) is 8.09. The highest BCUT2D eigenvalue weighted by Gasteiger charge is 2.18. The van der Waals surface area contributed by atoms with Gasteiger partial charge >= 0.3 is 0 Å². The first-order chi connectivity index (χ1) is 8.72. The van der Waals surface area contributed by atoms with E-state index in [0.29, 0.717) is 0 Å². The summed E-state index contributed by atoms with van der Waals surface area (Å²) in [6.45, 7) is 2.78. The first-order valence-corrected chi connectivity index (χ1v) is 6.16. The molecule has 5 nitrogen and oxygen atoms in total. The average molecular weight is 243 g/mol. The molecule has 0 unspecified atom stereocenters. The van der Waals surface area contributed by atoms with Gasteiger partial charge in [0.15, 0.2) is 0 Å². The van der Waals surface area contributed by atoms with Crippen molar-refractivity contribution in [1.29, 1.82) is 0 Å².